The Labute approximate surface area is 132 Å². The summed E-state index contributed by atoms with van der Waals surface area (Å²) >= 11 is 1.41. The molecule has 1 unspecified atom stereocenters. The molecular formula is C16H17NO4S. The van der Waals surface area contributed by atoms with Gasteiger partial charge in [-0.1, -0.05) is 18.2 Å². The van der Waals surface area contributed by atoms with Gasteiger partial charge in [-0.2, -0.15) is 11.3 Å². The van der Waals surface area contributed by atoms with Crippen molar-refractivity contribution < 1.29 is 19.1 Å². The lowest BCUT2D eigenvalue weighted by atomic mass is 10.0. The van der Waals surface area contributed by atoms with Crippen LogP contribution >= 0.6 is 11.3 Å². The Hall–Kier alpha value is -2.34. The number of rotatable bonds is 6. The van der Waals surface area contributed by atoms with E-state index in [1.807, 2.05) is 18.2 Å². The minimum Gasteiger partial charge on any atom is -0.491 e. The van der Waals surface area contributed by atoms with E-state index in [2.05, 4.69) is 5.32 Å². The van der Waals surface area contributed by atoms with E-state index >= 15 is 0 Å². The summed E-state index contributed by atoms with van der Waals surface area (Å²) in [4.78, 5) is 24.2. The van der Waals surface area contributed by atoms with Crippen LogP contribution in [0.4, 0.5) is 0 Å². The Bertz CT molecular complexity index is 627. The SMILES string of the molecule is COC(=O)C(C)(COc1ccccc1)NC(=O)c1ccsc1. The van der Waals surface area contributed by atoms with Crippen LogP contribution in [0.5, 0.6) is 5.75 Å². The van der Waals surface area contributed by atoms with Crippen molar-refractivity contribution in [3.05, 3.63) is 52.7 Å². The van der Waals surface area contributed by atoms with Crippen LogP contribution < -0.4 is 10.1 Å². The summed E-state index contributed by atoms with van der Waals surface area (Å²) in [7, 11) is 1.28. The molecule has 1 heterocycles. The molecule has 0 aliphatic carbocycles. The Balaban J connectivity index is 2.10. The summed E-state index contributed by atoms with van der Waals surface area (Å²) in [6.45, 7) is 1.55. The van der Waals surface area contributed by atoms with Crippen LogP contribution in [0.25, 0.3) is 0 Å². The fraction of sp³-hybridized carbons (Fsp3) is 0.250. The Kier molecular flexibility index (Phi) is 5.16. The minimum absolute atomic E-state index is 0.0282. The highest BCUT2D eigenvalue weighted by molar-refractivity contribution is 7.08. The number of ether oxygens (including phenoxy) is 2. The van der Waals surface area contributed by atoms with Crippen LogP contribution in [0.3, 0.4) is 0 Å². The molecule has 0 fully saturated rings. The van der Waals surface area contributed by atoms with Gasteiger partial charge in [-0.05, 0) is 30.5 Å². The first-order valence-electron chi connectivity index (χ1n) is 6.66. The van der Waals surface area contributed by atoms with Crippen molar-refractivity contribution in [2.24, 2.45) is 0 Å². The quantitative estimate of drug-likeness (QED) is 0.831. The molecule has 2 rings (SSSR count). The predicted octanol–water partition coefficient (Wildman–Crippen LogP) is 2.49. The van der Waals surface area contributed by atoms with Crippen LogP contribution in [0.2, 0.25) is 0 Å². The molecule has 0 saturated heterocycles. The second-order valence-corrected chi connectivity index (χ2v) is 5.67. The molecule has 0 radical (unpaired) electrons. The maximum Gasteiger partial charge on any atom is 0.334 e. The second kappa shape index (κ2) is 7.09. The molecule has 116 valence electrons. The predicted molar refractivity (Wildman–Crippen MR) is 84.1 cm³/mol. The van der Waals surface area contributed by atoms with E-state index < -0.39 is 11.5 Å². The third-order valence-electron chi connectivity index (χ3n) is 3.08. The molecule has 1 atom stereocenters. The largest absolute Gasteiger partial charge is 0.491 e. The molecule has 0 spiro atoms. The summed E-state index contributed by atoms with van der Waals surface area (Å²) in [6.07, 6.45) is 0. The number of amides is 1. The number of esters is 1. The van der Waals surface area contributed by atoms with Gasteiger partial charge in [-0.25, -0.2) is 4.79 Å². The number of hydrogen-bond acceptors (Lipinski definition) is 5. The molecule has 1 N–H and O–H groups in total. The molecule has 0 saturated carbocycles. The summed E-state index contributed by atoms with van der Waals surface area (Å²) in [6, 6.07) is 10.8. The number of nitrogens with one attached hydrogen (secondary N) is 1. The number of hydrogen-bond donors (Lipinski definition) is 1. The van der Waals surface area contributed by atoms with Crippen molar-refractivity contribution in [1.29, 1.82) is 0 Å². The zero-order valence-electron chi connectivity index (χ0n) is 12.4. The van der Waals surface area contributed by atoms with Crippen molar-refractivity contribution in [1.82, 2.24) is 5.32 Å². The smallest absolute Gasteiger partial charge is 0.334 e. The van der Waals surface area contributed by atoms with E-state index in [0.717, 1.165) is 0 Å². The van der Waals surface area contributed by atoms with E-state index in [1.54, 1.807) is 35.9 Å². The fourth-order valence-corrected chi connectivity index (χ4v) is 2.47. The normalized spacial score (nSPS) is 13.0. The van der Waals surface area contributed by atoms with E-state index in [9.17, 15) is 9.59 Å². The van der Waals surface area contributed by atoms with Crippen molar-refractivity contribution in [3.63, 3.8) is 0 Å². The van der Waals surface area contributed by atoms with Gasteiger partial charge in [0.1, 0.15) is 12.4 Å². The van der Waals surface area contributed by atoms with Crippen LogP contribution in [-0.4, -0.2) is 31.1 Å². The molecule has 5 nitrogen and oxygen atoms in total. The molecule has 1 amide bonds. The third-order valence-corrected chi connectivity index (χ3v) is 3.76. The summed E-state index contributed by atoms with van der Waals surface area (Å²) in [5, 5.41) is 6.19. The molecule has 22 heavy (non-hydrogen) atoms. The highest BCUT2D eigenvalue weighted by Crippen LogP contribution is 2.15. The van der Waals surface area contributed by atoms with Gasteiger partial charge in [0.05, 0.1) is 12.7 Å². The number of benzene rings is 1. The van der Waals surface area contributed by atoms with Gasteiger partial charge < -0.3 is 14.8 Å². The Morgan fingerprint density at radius 3 is 2.55 bits per heavy atom. The van der Waals surface area contributed by atoms with E-state index in [0.29, 0.717) is 11.3 Å². The topological polar surface area (TPSA) is 64.6 Å². The number of para-hydroxylation sites is 1. The molecule has 6 heteroatoms. The second-order valence-electron chi connectivity index (χ2n) is 4.89. The minimum atomic E-state index is -1.27. The lowest BCUT2D eigenvalue weighted by Crippen LogP contribution is -2.56. The van der Waals surface area contributed by atoms with Gasteiger partial charge in [0.25, 0.3) is 5.91 Å². The first kappa shape index (κ1) is 16.0. The molecule has 0 aliphatic rings. The Morgan fingerprint density at radius 2 is 1.95 bits per heavy atom. The number of carbonyl (C=O) groups is 2. The lowest BCUT2D eigenvalue weighted by Gasteiger charge is -2.27. The Morgan fingerprint density at radius 1 is 1.23 bits per heavy atom. The zero-order chi connectivity index (χ0) is 16.0. The number of methoxy groups -OCH3 is 1. The average molecular weight is 319 g/mol. The monoisotopic (exact) mass is 319 g/mol. The standard InChI is InChI=1S/C16H17NO4S/c1-16(15(19)20-2,11-21-13-6-4-3-5-7-13)17-14(18)12-8-9-22-10-12/h3-10H,11H2,1-2H3,(H,17,18). The van der Waals surface area contributed by atoms with E-state index in [4.69, 9.17) is 9.47 Å². The van der Waals surface area contributed by atoms with Crippen molar-refractivity contribution in [2.75, 3.05) is 13.7 Å². The molecule has 1 aromatic carbocycles. The summed E-state index contributed by atoms with van der Waals surface area (Å²) in [5.41, 5.74) is -0.774. The molecule has 0 aliphatic heterocycles. The van der Waals surface area contributed by atoms with Gasteiger partial charge in [0.15, 0.2) is 5.54 Å². The zero-order valence-corrected chi connectivity index (χ0v) is 13.2. The van der Waals surface area contributed by atoms with E-state index in [-0.39, 0.29) is 12.5 Å². The van der Waals surface area contributed by atoms with E-state index in [1.165, 1.54) is 18.4 Å². The van der Waals surface area contributed by atoms with Crippen molar-refractivity contribution >= 4 is 23.2 Å². The average Bonchev–Trinajstić information content (AvgIpc) is 3.08. The lowest BCUT2D eigenvalue weighted by molar-refractivity contribution is -0.148. The molecular weight excluding hydrogens is 302 g/mol. The summed E-state index contributed by atoms with van der Waals surface area (Å²) in [5.74, 6) is -0.291. The van der Waals surface area contributed by atoms with Crippen LogP contribution in [0, 0.1) is 0 Å². The van der Waals surface area contributed by atoms with Crippen molar-refractivity contribution in [2.45, 2.75) is 12.5 Å². The molecule has 0 bridgehead atoms. The number of thiophene rings is 1. The van der Waals surface area contributed by atoms with Gasteiger partial charge in [0, 0.05) is 5.38 Å². The van der Waals surface area contributed by atoms with Crippen molar-refractivity contribution in [3.8, 4) is 5.75 Å². The first-order chi connectivity index (χ1) is 10.5. The maximum absolute atomic E-state index is 12.2. The van der Waals surface area contributed by atoms with Crippen LogP contribution in [-0.2, 0) is 9.53 Å². The summed E-state index contributed by atoms with van der Waals surface area (Å²) < 4.78 is 10.4. The first-order valence-corrected chi connectivity index (χ1v) is 7.60. The maximum atomic E-state index is 12.2. The van der Waals surface area contributed by atoms with Gasteiger partial charge in [0.2, 0.25) is 0 Å². The number of carbonyl (C=O) groups excluding carboxylic acids is 2. The molecule has 1 aromatic heterocycles. The van der Waals surface area contributed by atoms with Gasteiger partial charge >= 0.3 is 5.97 Å². The molecule has 2 aromatic rings. The van der Waals surface area contributed by atoms with Crippen LogP contribution in [0.1, 0.15) is 17.3 Å². The highest BCUT2D eigenvalue weighted by Gasteiger charge is 2.37. The fourth-order valence-electron chi connectivity index (χ4n) is 1.83. The van der Waals surface area contributed by atoms with Gasteiger partial charge in [-0.15, -0.1) is 0 Å². The third kappa shape index (κ3) is 3.85. The highest BCUT2D eigenvalue weighted by atomic mass is 32.1. The van der Waals surface area contributed by atoms with Gasteiger partial charge in [-0.3, -0.25) is 4.79 Å². The van der Waals surface area contributed by atoms with Crippen LogP contribution in [0.15, 0.2) is 47.2 Å².